The van der Waals surface area contributed by atoms with Crippen LogP contribution in [0.15, 0.2) is 18.2 Å². The highest BCUT2D eigenvalue weighted by Gasteiger charge is 2.52. The van der Waals surface area contributed by atoms with Gasteiger partial charge in [0.05, 0.1) is 70.5 Å². The highest BCUT2D eigenvalue weighted by Crippen LogP contribution is 2.71. The maximum Gasteiger partial charge on any atom is 0.414 e. The van der Waals surface area contributed by atoms with Gasteiger partial charge < -0.3 is 32.5 Å². The van der Waals surface area contributed by atoms with Crippen molar-refractivity contribution in [1.29, 1.82) is 0 Å². The Kier molecular flexibility index (Phi) is 13.3. The summed E-state index contributed by atoms with van der Waals surface area (Å²) in [6.07, 6.45) is -2.49. The Morgan fingerprint density at radius 1 is 1.00 bits per heavy atom. The number of hydrogen-bond donors (Lipinski definition) is 0. The number of benzene rings is 1. The van der Waals surface area contributed by atoms with E-state index in [1.807, 2.05) is 4.90 Å². The molecular formula is C27H42FN3O11P2. The average molecular weight is 666 g/mol. The predicted octanol–water partition coefficient (Wildman–Crippen LogP) is 4.61. The number of anilines is 2. The SMILES string of the molecule is CCOP(=O)(OCC)C(CC(=O)N(CC1CN(c2ccc(N3CCOCC3)c(F)c2)C(=O)O1)C(C)=O)P(=O)(OCC)OCC. The van der Waals surface area contributed by atoms with E-state index in [0.717, 1.165) is 11.8 Å². The van der Waals surface area contributed by atoms with Crippen molar-refractivity contribution in [2.75, 3.05) is 75.6 Å². The topological polar surface area (TPSA) is 150 Å². The van der Waals surface area contributed by atoms with Crippen LogP contribution in [-0.2, 0) is 46.3 Å². The summed E-state index contributed by atoms with van der Waals surface area (Å²) in [5.74, 6) is -2.10. The van der Waals surface area contributed by atoms with Crippen LogP contribution >= 0.6 is 15.2 Å². The first-order valence-corrected chi connectivity index (χ1v) is 17.8. The van der Waals surface area contributed by atoms with Gasteiger partial charge in [0.2, 0.25) is 11.8 Å². The van der Waals surface area contributed by atoms with E-state index in [2.05, 4.69) is 0 Å². The number of carbonyl (C=O) groups is 3. The number of ether oxygens (including phenoxy) is 2. The molecule has 2 aliphatic heterocycles. The molecule has 1 atom stereocenters. The number of morpholine rings is 1. The second kappa shape index (κ2) is 16.3. The van der Waals surface area contributed by atoms with Crippen molar-refractivity contribution in [3.63, 3.8) is 0 Å². The average Bonchev–Trinajstić information content (AvgIpc) is 3.35. The molecule has 14 nitrogen and oxygen atoms in total. The van der Waals surface area contributed by atoms with Crippen LogP contribution in [-0.4, -0.2) is 100 Å². The Bertz CT molecular complexity index is 1210. The highest BCUT2D eigenvalue weighted by atomic mass is 31.2. The first kappa shape index (κ1) is 36.1. The Morgan fingerprint density at radius 3 is 2.02 bits per heavy atom. The molecule has 3 amide bonds. The minimum absolute atomic E-state index is 0.0809. The lowest BCUT2D eigenvalue weighted by Gasteiger charge is -2.32. The number of hydrogen-bond acceptors (Lipinski definition) is 12. The van der Waals surface area contributed by atoms with Gasteiger partial charge >= 0.3 is 21.3 Å². The van der Waals surface area contributed by atoms with Gasteiger partial charge in [0.15, 0.2) is 5.40 Å². The van der Waals surface area contributed by atoms with Crippen molar-refractivity contribution >= 4 is 44.5 Å². The van der Waals surface area contributed by atoms with Crippen LogP contribution in [0, 0.1) is 5.82 Å². The van der Waals surface area contributed by atoms with Gasteiger partial charge in [-0.15, -0.1) is 0 Å². The van der Waals surface area contributed by atoms with Crippen molar-refractivity contribution in [3.8, 4) is 0 Å². The fraction of sp³-hybridized carbons (Fsp3) is 0.667. The molecule has 2 saturated heterocycles. The zero-order valence-electron chi connectivity index (χ0n) is 25.8. The first-order valence-electron chi connectivity index (χ1n) is 14.6. The molecule has 2 aliphatic rings. The van der Waals surface area contributed by atoms with Gasteiger partial charge in [0, 0.05) is 20.0 Å². The summed E-state index contributed by atoms with van der Waals surface area (Å²) in [7, 11) is -8.52. The quantitative estimate of drug-likeness (QED) is 0.227. The molecule has 0 spiro atoms. The minimum atomic E-state index is -4.26. The van der Waals surface area contributed by atoms with E-state index in [0.29, 0.717) is 32.0 Å². The van der Waals surface area contributed by atoms with Crippen molar-refractivity contribution in [2.24, 2.45) is 0 Å². The Hall–Kier alpha value is -2.38. The van der Waals surface area contributed by atoms with Gasteiger partial charge in [0.25, 0.3) is 0 Å². The standard InChI is InChI=1S/C27H42FN3O11P2/c1-6-38-43(35,39-7-2)26(44(36,40-8-3)41-9-4)17-25(33)30(20(5)32)18-22-19-31(27(34)42-22)21-10-11-24(23(28)16-21)29-12-14-37-15-13-29/h10-11,16,22,26H,6-9,12-15,17-19H2,1-5H3. The van der Waals surface area contributed by atoms with Crippen LogP contribution in [0.5, 0.6) is 0 Å². The van der Waals surface area contributed by atoms with Crippen LogP contribution in [0.1, 0.15) is 41.0 Å². The highest BCUT2D eigenvalue weighted by molar-refractivity contribution is 7.72. The fourth-order valence-electron chi connectivity index (χ4n) is 4.96. The molecule has 0 aliphatic carbocycles. The lowest BCUT2D eigenvalue weighted by atomic mass is 10.2. The predicted molar refractivity (Wildman–Crippen MR) is 160 cm³/mol. The van der Waals surface area contributed by atoms with Gasteiger partial charge in [-0.2, -0.15) is 0 Å². The summed E-state index contributed by atoms with van der Waals surface area (Å²) < 4.78 is 75.1. The Balaban J connectivity index is 1.80. The molecule has 0 aromatic heterocycles. The molecule has 248 valence electrons. The largest absolute Gasteiger partial charge is 0.442 e. The molecule has 0 N–H and O–H groups in total. The van der Waals surface area contributed by atoms with Gasteiger partial charge in [0.1, 0.15) is 11.9 Å². The number of nitrogens with zero attached hydrogens (tertiary/aromatic N) is 3. The van der Waals surface area contributed by atoms with E-state index in [4.69, 9.17) is 27.6 Å². The summed E-state index contributed by atoms with van der Waals surface area (Å²) >= 11 is 0. The molecule has 1 aromatic rings. The fourth-order valence-corrected chi connectivity index (χ4v) is 10.2. The zero-order valence-corrected chi connectivity index (χ0v) is 27.6. The molecule has 1 aromatic carbocycles. The smallest absolute Gasteiger partial charge is 0.414 e. The van der Waals surface area contributed by atoms with E-state index in [-0.39, 0.29) is 45.2 Å². The zero-order chi connectivity index (χ0) is 32.5. The molecule has 2 heterocycles. The third kappa shape index (κ3) is 8.66. The van der Waals surface area contributed by atoms with Gasteiger partial charge in [-0.05, 0) is 45.9 Å². The molecule has 0 radical (unpaired) electrons. The van der Waals surface area contributed by atoms with Crippen molar-refractivity contribution in [1.82, 2.24) is 4.90 Å². The molecule has 3 rings (SSSR count). The number of cyclic esters (lactones) is 1. The number of rotatable bonds is 16. The normalized spacial score (nSPS) is 17.7. The van der Waals surface area contributed by atoms with Crippen LogP contribution in [0.25, 0.3) is 0 Å². The summed E-state index contributed by atoms with van der Waals surface area (Å²) in [5.41, 5.74) is 0.633. The van der Waals surface area contributed by atoms with E-state index in [1.165, 1.54) is 11.0 Å². The van der Waals surface area contributed by atoms with Gasteiger partial charge in [-0.3, -0.25) is 28.5 Å². The van der Waals surface area contributed by atoms with Crippen molar-refractivity contribution in [2.45, 2.75) is 52.5 Å². The van der Waals surface area contributed by atoms with E-state index in [9.17, 15) is 23.5 Å². The van der Waals surface area contributed by atoms with E-state index in [1.54, 1.807) is 39.8 Å². The molecule has 2 fully saturated rings. The lowest BCUT2D eigenvalue weighted by Crippen LogP contribution is -2.43. The van der Waals surface area contributed by atoms with Crippen LogP contribution in [0.3, 0.4) is 0 Å². The number of amides is 3. The number of carbonyl (C=O) groups excluding carboxylic acids is 3. The van der Waals surface area contributed by atoms with Gasteiger partial charge in [-0.25, -0.2) is 9.18 Å². The third-order valence-electron chi connectivity index (χ3n) is 6.86. The third-order valence-corrected chi connectivity index (χ3v) is 12.9. The van der Waals surface area contributed by atoms with Gasteiger partial charge in [-0.1, -0.05) is 0 Å². The lowest BCUT2D eigenvalue weighted by molar-refractivity contribution is -0.144. The minimum Gasteiger partial charge on any atom is -0.442 e. The maximum atomic E-state index is 15.0. The molecule has 44 heavy (non-hydrogen) atoms. The Morgan fingerprint density at radius 2 is 1.55 bits per heavy atom. The number of halogens is 1. The molecular weight excluding hydrogens is 623 g/mol. The summed E-state index contributed by atoms with van der Waals surface area (Å²) in [5, 5.41) is -1.67. The van der Waals surface area contributed by atoms with Crippen LogP contribution in [0.2, 0.25) is 0 Å². The van der Waals surface area contributed by atoms with E-state index >= 15 is 4.39 Å². The number of imide groups is 1. The summed E-state index contributed by atoms with van der Waals surface area (Å²) in [4.78, 5) is 42.9. The van der Waals surface area contributed by atoms with E-state index < -0.39 is 56.8 Å². The molecule has 1 unspecified atom stereocenters. The Labute approximate surface area is 257 Å². The second-order valence-corrected chi connectivity index (χ2v) is 14.7. The molecule has 0 bridgehead atoms. The van der Waals surface area contributed by atoms with Crippen LogP contribution < -0.4 is 9.80 Å². The van der Waals surface area contributed by atoms with Crippen molar-refractivity contribution in [3.05, 3.63) is 24.0 Å². The summed E-state index contributed by atoms with van der Waals surface area (Å²) in [6.45, 7) is 8.62. The first-order chi connectivity index (χ1) is 20.9. The molecule has 0 saturated carbocycles. The second-order valence-electron chi connectivity index (χ2n) is 9.81. The van der Waals surface area contributed by atoms with Crippen LogP contribution in [0.4, 0.5) is 20.6 Å². The summed E-state index contributed by atoms with van der Waals surface area (Å²) in [6, 6.07) is 4.39. The van der Waals surface area contributed by atoms with Crippen molar-refractivity contribution < 1.29 is 55.5 Å². The monoisotopic (exact) mass is 665 g/mol. The molecule has 17 heteroatoms. The maximum absolute atomic E-state index is 15.0.